The van der Waals surface area contributed by atoms with Crippen LogP contribution in [-0.2, 0) is 0 Å². The van der Waals surface area contributed by atoms with Crippen LogP contribution in [0.1, 0.15) is 35.7 Å². The van der Waals surface area contributed by atoms with Crippen molar-refractivity contribution in [1.29, 1.82) is 0 Å². The van der Waals surface area contributed by atoms with Crippen LogP contribution in [0.4, 0.5) is 5.95 Å². The van der Waals surface area contributed by atoms with Gasteiger partial charge in [-0.2, -0.15) is 4.98 Å². The number of hydrogen-bond donors (Lipinski definition) is 0. The van der Waals surface area contributed by atoms with Crippen molar-refractivity contribution >= 4 is 11.9 Å². The standard InChI is InChI=1S/C19H24N4O2/c1-14(2)15-4-6-16(7-5-15)18(24)22-10-12-23(13-11-22)19-20-9-8-17(21-19)25-3/h4-9,14H,10-13H2,1-3H3. The zero-order valence-corrected chi connectivity index (χ0v) is 15.0. The van der Waals surface area contributed by atoms with Crippen LogP contribution in [0.5, 0.6) is 5.88 Å². The highest BCUT2D eigenvalue weighted by molar-refractivity contribution is 5.94. The molecule has 2 heterocycles. The van der Waals surface area contributed by atoms with E-state index in [1.165, 1.54) is 5.56 Å². The maximum Gasteiger partial charge on any atom is 0.253 e. The number of nitrogens with zero attached hydrogens (tertiary/aromatic N) is 4. The quantitative estimate of drug-likeness (QED) is 0.856. The molecule has 0 radical (unpaired) electrons. The van der Waals surface area contributed by atoms with Gasteiger partial charge in [-0.3, -0.25) is 4.79 Å². The predicted octanol–water partition coefficient (Wildman–Crippen LogP) is 2.57. The van der Waals surface area contributed by atoms with Crippen LogP contribution < -0.4 is 9.64 Å². The fourth-order valence-electron chi connectivity index (χ4n) is 2.90. The molecule has 0 bridgehead atoms. The lowest BCUT2D eigenvalue weighted by Crippen LogP contribution is -2.49. The molecule has 1 aromatic carbocycles. The Morgan fingerprint density at radius 1 is 1.08 bits per heavy atom. The first kappa shape index (κ1) is 17.2. The first-order valence-corrected chi connectivity index (χ1v) is 8.59. The van der Waals surface area contributed by atoms with Crippen LogP contribution in [0, 0.1) is 0 Å². The van der Waals surface area contributed by atoms with Crippen LogP contribution in [0.15, 0.2) is 36.5 Å². The highest BCUT2D eigenvalue weighted by Crippen LogP contribution is 2.18. The van der Waals surface area contributed by atoms with Gasteiger partial charge in [0.15, 0.2) is 0 Å². The summed E-state index contributed by atoms with van der Waals surface area (Å²) in [5, 5.41) is 0. The number of hydrogen-bond acceptors (Lipinski definition) is 5. The molecule has 0 N–H and O–H groups in total. The maximum atomic E-state index is 12.7. The van der Waals surface area contributed by atoms with Gasteiger partial charge in [0, 0.05) is 44.0 Å². The number of anilines is 1. The Labute approximate surface area is 148 Å². The Balaban J connectivity index is 1.62. The molecule has 1 fully saturated rings. The average molecular weight is 340 g/mol. The van der Waals surface area contributed by atoms with E-state index in [1.54, 1.807) is 19.4 Å². The zero-order chi connectivity index (χ0) is 17.8. The summed E-state index contributed by atoms with van der Waals surface area (Å²) in [4.78, 5) is 25.3. The van der Waals surface area contributed by atoms with Crippen molar-refractivity contribution in [2.45, 2.75) is 19.8 Å². The van der Waals surface area contributed by atoms with Gasteiger partial charge in [-0.15, -0.1) is 0 Å². The van der Waals surface area contributed by atoms with Crippen molar-refractivity contribution < 1.29 is 9.53 Å². The molecule has 1 aliphatic heterocycles. The van der Waals surface area contributed by atoms with E-state index >= 15 is 0 Å². The van der Waals surface area contributed by atoms with Gasteiger partial charge in [0.2, 0.25) is 11.8 Å². The smallest absolute Gasteiger partial charge is 0.253 e. The highest BCUT2D eigenvalue weighted by atomic mass is 16.5. The molecule has 25 heavy (non-hydrogen) atoms. The third kappa shape index (κ3) is 3.90. The van der Waals surface area contributed by atoms with Crippen molar-refractivity contribution in [1.82, 2.24) is 14.9 Å². The first-order valence-electron chi connectivity index (χ1n) is 8.59. The molecule has 2 aromatic rings. The molecule has 6 nitrogen and oxygen atoms in total. The molecule has 1 aromatic heterocycles. The second kappa shape index (κ2) is 7.51. The number of methoxy groups -OCH3 is 1. The molecule has 3 rings (SSSR count). The zero-order valence-electron chi connectivity index (χ0n) is 15.0. The lowest BCUT2D eigenvalue weighted by atomic mass is 10.0. The number of ether oxygens (including phenoxy) is 1. The number of aromatic nitrogens is 2. The van der Waals surface area contributed by atoms with E-state index < -0.39 is 0 Å². The molecular weight excluding hydrogens is 316 g/mol. The van der Waals surface area contributed by atoms with E-state index in [1.807, 2.05) is 29.2 Å². The summed E-state index contributed by atoms with van der Waals surface area (Å²) in [6, 6.07) is 9.66. The minimum absolute atomic E-state index is 0.0847. The first-order chi connectivity index (χ1) is 12.1. The summed E-state index contributed by atoms with van der Waals surface area (Å²) < 4.78 is 5.15. The highest BCUT2D eigenvalue weighted by Gasteiger charge is 2.23. The number of carbonyl (C=O) groups excluding carboxylic acids is 1. The van der Waals surface area contributed by atoms with Crippen LogP contribution in [-0.4, -0.2) is 54.1 Å². The van der Waals surface area contributed by atoms with E-state index in [9.17, 15) is 4.79 Å². The third-order valence-electron chi connectivity index (χ3n) is 4.50. The van der Waals surface area contributed by atoms with Crippen LogP contribution in [0.3, 0.4) is 0 Å². The summed E-state index contributed by atoms with van der Waals surface area (Å²) in [5.74, 6) is 1.75. The molecule has 1 saturated heterocycles. The third-order valence-corrected chi connectivity index (χ3v) is 4.50. The Bertz CT molecular complexity index is 722. The number of rotatable bonds is 4. The second-order valence-electron chi connectivity index (χ2n) is 6.45. The number of carbonyl (C=O) groups is 1. The van der Waals surface area contributed by atoms with Gasteiger partial charge in [0.05, 0.1) is 7.11 Å². The number of piperazine rings is 1. The lowest BCUT2D eigenvalue weighted by molar-refractivity contribution is 0.0746. The second-order valence-corrected chi connectivity index (χ2v) is 6.45. The van der Waals surface area contributed by atoms with Gasteiger partial charge in [-0.05, 0) is 23.6 Å². The molecular formula is C19H24N4O2. The van der Waals surface area contributed by atoms with E-state index in [4.69, 9.17) is 4.74 Å². The summed E-state index contributed by atoms with van der Waals surface area (Å²) in [6.45, 7) is 7.04. The van der Waals surface area contributed by atoms with Gasteiger partial charge >= 0.3 is 0 Å². The van der Waals surface area contributed by atoms with E-state index in [0.29, 0.717) is 43.9 Å². The molecule has 0 atom stereocenters. The van der Waals surface area contributed by atoms with Crippen LogP contribution >= 0.6 is 0 Å². The summed E-state index contributed by atoms with van der Waals surface area (Å²) in [5.41, 5.74) is 1.99. The van der Waals surface area contributed by atoms with E-state index in [0.717, 1.165) is 5.56 Å². The molecule has 0 aliphatic carbocycles. The predicted molar refractivity (Wildman–Crippen MR) is 97.2 cm³/mol. The average Bonchev–Trinajstić information content (AvgIpc) is 2.67. The lowest BCUT2D eigenvalue weighted by Gasteiger charge is -2.34. The van der Waals surface area contributed by atoms with Crippen molar-refractivity contribution in [3.05, 3.63) is 47.7 Å². The normalized spacial score (nSPS) is 14.7. The monoisotopic (exact) mass is 340 g/mol. The fraction of sp³-hybridized carbons (Fsp3) is 0.421. The molecule has 0 saturated carbocycles. The van der Waals surface area contributed by atoms with Gasteiger partial charge in [0.25, 0.3) is 5.91 Å². The van der Waals surface area contributed by atoms with Crippen LogP contribution in [0.2, 0.25) is 0 Å². The Kier molecular flexibility index (Phi) is 5.16. The van der Waals surface area contributed by atoms with Crippen molar-refractivity contribution in [3.63, 3.8) is 0 Å². The molecule has 0 unspecified atom stereocenters. The van der Waals surface area contributed by atoms with Crippen LogP contribution in [0.25, 0.3) is 0 Å². The Morgan fingerprint density at radius 2 is 1.76 bits per heavy atom. The Hall–Kier alpha value is -2.63. The van der Waals surface area contributed by atoms with E-state index in [-0.39, 0.29) is 5.91 Å². The molecule has 1 aliphatic rings. The molecule has 1 amide bonds. The minimum atomic E-state index is 0.0847. The molecule has 132 valence electrons. The number of amides is 1. The van der Waals surface area contributed by atoms with Crippen molar-refractivity contribution in [2.75, 3.05) is 38.2 Å². The van der Waals surface area contributed by atoms with Crippen molar-refractivity contribution in [3.8, 4) is 5.88 Å². The van der Waals surface area contributed by atoms with Gasteiger partial charge in [-0.25, -0.2) is 4.98 Å². The topological polar surface area (TPSA) is 58.6 Å². The van der Waals surface area contributed by atoms with Gasteiger partial charge in [-0.1, -0.05) is 26.0 Å². The minimum Gasteiger partial charge on any atom is -0.481 e. The Morgan fingerprint density at radius 3 is 2.36 bits per heavy atom. The largest absolute Gasteiger partial charge is 0.481 e. The summed E-state index contributed by atoms with van der Waals surface area (Å²) in [7, 11) is 1.59. The molecule has 6 heteroatoms. The fourth-order valence-corrected chi connectivity index (χ4v) is 2.90. The SMILES string of the molecule is COc1ccnc(N2CCN(C(=O)c3ccc(C(C)C)cc3)CC2)n1. The number of benzene rings is 1. The maximum absolute atomic E-state index is 12.7. The van der Waals surface area contributed by atoms with E-state index in [2.05, 4.69) is 28.7 Å². The van der Waals surface area contributed by atoms with Crippen molar-refractivity contribution in [2.24, 2.45) is 0 Å². The molecule has 0 spiro atoms. The summed E-state index contributed by atoms with van der Waals surface area (Å²) in [6.07, 6.45) is 1.69. The van der Waals surface area contributed by atoms with Gasteiger partial charge in [0.1, 0.15) is 0 Å². The van der Waals surface area contributed by atoms with Gasteiger partial charge < -0.3 is 14.5 Å². The summed E-state index contributed by atoms with van der Waals surface area (Å²) >= 11 is 0.